The number of aliphatic hydroxyl groups excluding tert-OH is 1. The van der Waals surface area contributed by atoms with Crippen LogP contribution in [0, 0.1) is 11.8 Å². The Kier molecular flexibility index (Phi) is 15.3. The van der Waals surface area contributed by atoms with Gasteiger partial charge in [-0.2, -0.15) is 0 Å². The highest BCUT2D eigenvalue weighted by molar-refractivity contribution is 6.74. The number of aryl methyl sites for hydroxylation is 1. The minimum Gasteiger partial charge on any atom is -0.463 e. The van der Waals surface area contributed by atoms with Gasteiger partial charge in [-0.25, -0.2) is 0 Å². The summed E-state index contributed by atoms with van der Waals surface area (Å²) in [5.74, 6) is 0.313. The van der Waals surface area contributed by atoms with Gasteiger partial charge in [0.1, 0.15) is 0 Å². The number of unbranched alkanes of at least 4 members (excludes halogenated alkanes) is 1. The molecule has 0 aromatic heterocycles. The van der Waals surface area contributed by atoms with Crippen molar-refractivity contribution in [3.8, 4) is 0 Å². The van der Waals surface area contributed by atoms with Crippen LogP contribution in [0.2, 0.25) is 36.3 Å². The lowest BCUT2D eigenvalue weighted by molar-refractivity contribution is -0.147. The van der Waals surface area contributed by atoms with Crippen LogP contribution in [0.25, 0.3) is 0 Å². The van der Waals surface area contributed by atoms with Crippen molar-refractivity contribution in [2.24, 2.45) is 11.8 Å². The summed E-state index contributed by atoms with van der Waals surface area (Å²) in [5, 5.41) is 11.8. The van der Waals surface area contributed by atoms with Crippen LogP contribution in [0.15, 0.2) is 42.5 Å². The zero-order valence-corrected chi connectivity index (χ0v) is 32.9. The van der Waals surface area contributed by atoms with Gasteiger partial charge in [-0.05, 0) is 119 Å². The van der Waals surface area contributed by atoms with Crippen molar-refractivity contribution in [3.05, 3.63) is 48.0 Å². The van der Waals surface area contributed by atoms with E-state index < -0.39 is 16.6 Å². The molecule has 0 bridgehead atoms. The van der Waals surface area contributed by atoms with E-state index in [4.69, 9.17) is 13.6 Å². The summed E-state index contributed by atoms with van der Waals surface area (Å²) in [4.78, 5) is 11.9. The third kappa shape index (κ3) is 13.0. The molecule has 0 heterocycles. The van der Waals surface area contributed by atoms with Gasteiger partial charge in [-0.3, -0.25) is 4.79 Å². The van der Waals surface area contributed by atoms with E-state index in [1.807, 2.05) is 13.8 Å². The highest BCUT2D eigenvalue weighted by Crippen LogP contribution is 2.46. The summed E-state index contributed by atoms with van der Waals surface area (Å²) >= 11 is 0. The predicted molar refractivity (Wildman–Crippen MR) is 195 cm³/mol. The van der Waals surface area contributed by atoms with Crippen LogP contribution >= 0.6 is 0 Å². The minimum atomic E-state index is -2.01. The highest BCUT2D eigenvalue weighted by atomic mass is 28.4. The van der Waals surface area contributed by atoms with Gasteiger partial charge >= 0.3 is 5.97 Å². The number of hydrogen-bond donors (Lipinski definition) is 1. The number of ether oxygens (including phenoxy) is 1. The van der Waals surface area contributed by atoms with Gasteiger partial charge in [0.05, 0.1) is 18.3 Å². The smallest absolute Gasteiger partial charge is 0.306 e. The lowest BCUT2D eigenvalue weighted by Crippen LogP contribution is -2.45. The predicted octanol–water partition coefficient (Wildman–Crippen LogP) is 10.2. The number of esters is 1. The van der Waals surface area contributed by atoms with Crippen LogP contribution in [-0.2, 0) is 24.8 Å². The lowest BCUT2D eigenvalue weighted by Gasteiger charge is -2.41. The van der Waals surface area contributed by atoms with E-state index in [9.17, 15) is 9.90 Å². The maximum Gasteiger partial charge on any atom is 0.306 e. The molecule has 0 unspecified atom stereocenters. The molecule has 1 saturated carbocycles. The van der Waals surface area contributed by atoms with E-state index in [1.54, 1.807) is 0 Å². The summed E-state index contributed by atoms with van der Waals surface area (Å²) in [6.07, 6.45) is 11.8. The second-order valence-electron chi connectivity index (χ2n) is 16.8. The molecule has 1 fully saturated rings. The van der Waals surface area contributed by atoms with Gasteiger partial charge in [0.2, 0.25) is 0 Å². The first-order valence-corrected chi connectivity index (χ1v) is 23.5. The SMILES string of the molecule is CC(C)OC(=O)CCC/C=C\C[C@@H]1[C@@H](CC[C@H](CCc2ccccc2)O[Si](C)(C)C(C)(C)C)[C@H](O)C[C@@H]1O[Si](C)(C)C(C)(C)C. The average Bonchev–Trinajstić information content (AvgIpc) is 3.19. The van der Waals surface area contributed by atoms with Crippen molar-refractivity contribution in [3.63, 3.8) is 0 Å². The summed E-state index contributed by atoms with van der Waals surface area (Å²) in [6, 6.07) is 10.7. The summed E-state index contributed by atoms with van der Waals surface area (Å²) in [5.41, 5.74) is 1.35. The van der Waals surface area contributed by atoms with Crippen molar-refractivity contribution in [2.75, 3.05) is 0 Å². The van der Waals surface area contributed by atoms with Crippen molar-refractivity contribution >= 4 is 22.6 Å². The molecule has 0 spiro atoms. The fourth-order valence-corrected chi connectivity index (χ4v) is 8.64. The third-order valence-electron chi connectivity index (χ3n) is 10.6. The van der Waals surface area contributed by atoms with Crippen molar-refractivity contribution in [1.82, 2.24) is 0 Å². The number of carbonyl (C=O) groups is 1. The van der Waals surface area contributed by atoms with Gasteiger partial charge in [0.25, 0.3) is 0 Å². The summed E-state index contributed by atoms with van der Waals surface area (Å²) < 4.78 is 19.4. The monoisotopic (exact) mass is 660 g/mol. The first kappa shape index (κ1) is 39.9. The Morgan fingerprint density at radius 3 is 2.13 bits per heavy atom. The second kappa shape index (κ2) is 17.2. The Bertz CT molecular complexity index is 1040. The topological polar surface area (TPSA) is 65.0 Å². The van der Waals surface area contributed by atoms with E-state index in [1.165, 1.54) is 5.56 Å². The fraction of sp³-hybridized carbons (Fsp3) is 0.763. The number of benzene rings is 1. The van der Waals surface area contributed by atoms with Gasteiger partial charge in [0, 0.05) is 12.5 Å². The molecule has 7 heteroatoms. The summed E-state index contributed by atoms with van der Waals surface area (Å²) in [7, 11) is -3.97. The lowest BCUT2D eigenvalue weighted by atomic mass is 9.85. The molecule has 1 N–H and O–H groups in total. The molecule has 5 atom stereocenters. The zero-order chi connectivity index (χ0) is 34.1. The van der Waals surface area contributed by atoms with Gasteiger partial charge in [-0.15, -0.1) is 0 Å². The Morgan fingerprint density at radius 1 is 0.933 bits per heavy atom. The third-order valence-corrected chi connectivity index (χ3v) is 19.7. The van der Waals surface area contributed by atoms with Gasteiger partial charge in [-0.1, -0.05) is 84.0 Å². The molecule has 2 rings (SSSR count). The number of rotatable bonds is 17. The number of aliphatic hydroxyl groups is 1. The average molecular weight is 661 g/mol. The molecule has 1 aromatic carbocycles. The minimum absolute atomic E-state index is 0.0561. The standard InChI is InChI=1S/C38H68O5Si2/c1-29(2)41-36(40)23-19-14-13-18-22-33-32(34(39)28-35(33)43-45(11,12)38(6,7)8)27-26-31(42-44(9,10)37(3,4)5)25-24-30-20-16-15-17-21-30/h13,15-18,20-21,29,31-35,39H,14,19,22-28H2,1-12H3/b18-13-/t31-,32+,33+,34+,35-/m0/s1. The van der Waals surface area contributed by atoms with Crippen molar-refractivity contribution < 1.29 is 23.5 Å². The van der Waals surface area contributed by atoms with Crippen molar-refractivity contribution in [1.29, 1.82) is 0 Å². The molecule has 0 aliphatic heterocycles. The quantitative estimate of drug-likeness (QED) is 0.0780. The number of allylic oxidation sites excluding steroid dienone is 2. The Morgan fingerprint density at radius 2 is 1.56 bits per heavy atom. The maximum absolute atomic E-state index is 11.9. The molecule has 5 nitrogen and oxygen atoms in total. The van der Waals surface area contributed by atoms with E-state index in [0.717, 1.165) is 44.9 Å². The molecule has 1 aliphatic carbocycles. The van der Waals surface area contributed by atoms with Crippen LogP contribution in [0.1, 0.15) is 112 Å². The largest absolute Gasteiger partial charge is 0.463 e. The van der Waals surface area contributed by atoms with Crippen LogP contribution in [0.5, 0.6) is 0 Å². The second-order valence-corrected chi connectivity index (χ2v) is 26.3. The summed E-state index contributed by atoms with van der Waals surface area (Å²) in [6.45, 7) is 26.9. The molecule has 1 aromatic rings. The van der Waals surface area contributed by atoms with Crippen LogP contribution < -0.4 is 0 Å². The molecule has 258 valence electrons. The number of carbonyl (C=O) groups excluding carboxylic acids is 1. The van der Waals surface area contributed by atoms with Crippen LogP contribution in [0.4, 0.5) is 0 Å². The first-order valence-electron chi connectivity index (χ1n) is 17.7. The normalized spacial score (nSPS) is 22.4. The maximum atomic E-state index is 11.9. The zero-order valence-electron chi connectivity index (χ0n) is 30.9. The Hall–Kier alpha value is -1.26. The van der Waals surface area contributed by atoms with E-state index in [-0.39, 0.29) is 52.3 Å². The molecule has 0 radical (unpaired) electrons. The molecular weight excluding hydrogens is 593 g/mol. The van der Waals surface area contributed by atoms with Crippen LogP contribution in [0.3, 0.4) is 0 Å². The first-order chi connectivity index (χ1) is 20.7. The molecule has 1 aliphatic rings. The van der Waals surface area contributed by atoms with Gasteiger partial charge < -0.3 is 18.7 Å². The van der Waals surface area contributed by atoms with Gasteiger partial charge in [0.15, 0.2) is 16.6 Å². The molecular formula is C38H68O5Si2. The number of hydrogen-bond acceptors (Lipinski definition) is 5. The van der Waals surface area contributed by atoms with E-state index in [2.05, 4.69) is 110 Å². The highest BCUT2D eigenvalue weighted by Gasteiger charge is 2.47. The van der Waals surface area contributed by atoms with Crippen molar-refractivity contribution in [2.45, 2.75) is 174 Å². The fourth-order valence-electron chi connectivity index (χ4n) is 5.84. The van der Waals surface area contributed by atoms with Crippen LogP contribution in [-0.4, -0.2) is 52.1 Å². The van der Waals surface area contributed by atoms with E-state index in [0.29, 0.717) is 12.8 Å². The molecule has 0 saturated heterocycles. The Labute approximate surface area is 279 Å². The molecule has 0 amide bonds. The molecule has 45 heavy (non-hydrogen) atoms. The Balaban J connectivity index is 2.19. The van der Waals surface area contributed by atoms with E-state index >= 15 is 0 Å².